The maximum absolute atomic E-state index is 11.7. The van der Waals surface area contributed by atoms with Gasteiger partial charge in [0.25, 0.3) is 0 Å². The molecule has 0 atom stereocenters. The molecule has 6 aromatic rings. The standard InChI is InChI=1S/C26H33N3O3.C25H29N3O3/c1-26(2,31)21-6-7-24(32-3)19(16-21)8-12-28-13-10-22(11-14-28)29-15-9-18-4-5-20(25(27)30)17-23(18)29;1-17(29)19-5-6-24(31-2)20(15-19)7-11-27-12-9-22(10-13-27)28-14-8-18-3-4-21(25(26)30)16-23(18)28/h4-7,9,15-17,22,31H,8,10-14H2,1-3H3,(H2,27,30);3-6,8,14-16,22H,7,9-13H2,1-2H3,(H2,26,30). The van der Waals surface area contributed by atoms with Crippen molar-refractivity contribution in [3.8, 4) is 11.5 Å². The average Bonchev–Trinajstić information content (AvgIpc) is 3.92. The number of aliphatic hydroxyl groups is 1. The third-order valence-electron chi connectivity index (χ3n) is 13.0. The van der Waals surface area contributed by atoms with Crippen molar-refractivity contribution in [3.63, 3.8) is 0 Å². The molecule has 63 heavy (non-hydrogen) atoms. The van der Waals surface area contributed by atoms with Crippen LogP contribution in [0.4, 0.5) is 0 Å². The van der Waals surface area contributed by atoms with E-state index in [2.05, 4.69) is 49.5 Å². The Labute approximate surface area is 370 Å². The van der Waals surface area contributed by atoms with Crippen molar-refractivity contribution in [2.24, 2.45) is 11.5 Å². The highest BCUT2D eigenvalue weighted by molar-refractivity contribution is 5.98. The van der Waals surface area contributed by atoms with Crippen LogP contribution in [0, 0.1) is 0 Å². The summed E-state index contributed by atoms with van der Waals surface area (Å²) < 4.78 is 15.6. The predicted molar refractivity (Wildman–Crippen MR) is 249 cm³/mol. The number of primary amides is 2. The van der Waals surface area contributed by atoms with Crippen LogP contribution in [0.2, 0.25) is 0 Å². The molecule has 0 saturated carbocycles. The lowest BCUT2D eigenvalue weighted by atomic mass is 9.95. The van der Waals surface area contributed by atoms with E-state index < -0.39 is 17.4 Å². The number of nitrogens with zero attached hydrogens (tertiary/aromatic N) is 4. The minimum atomic E-state index is -0.868. The molecule has 12 nitrogen and oxygen atoms in total. The third kappa shape index (κ3) is 10.6. The Morgan fingerprint density at radius 2 is 1.05 bits per heavy atom. The summed E-state index contributed by atoms with van der Waals surface area (Å²) in [6.07, 6.45) is 10.2. The number of likely N-dealkylation sites (tertiary alicyclic amines) is 2. The molecule has 0 radical (unpaired) electrons. The molecule has 8 rings (SSSR count). The molecule has 5 N–H and O–H groups in total. The number of hydrogen-bond acceptors (Lipinski definition) is 8. The number of Topliss-reactive ketones (excluding diaryl/α,β-unsaturated/α-hetero) is 1. The minimum Gasteiger partial charge on any atom is -0.496 e. The van der Waals surface area contributed by atoms with Gasteiger partial charge in [-0.15, -0.1) is 0 Å². The summed E-state index contributed by atoms with van der Waals surface area (Å²) in [5.74, 6) is 0.997. The van der Waals surface area contributed by atoms with E-state index in [0.717, 1.165) is 133 Å². The van der Waals surface area contributed by atoms with Crippen LogP contribution in [0.25, 0.3) is 21.8 Å². The number of rotatable bonds is 14. The summed E-state index contributed by atoms with van der Waals surface area (Å²) in [5.41, 5.74) is 17.2. The molecule has 12 heteroatoms. The van der Waals surface area contributed by atoms with Gasteiger partial charge < -0.3 is 45.0 Å². The Bertz CT molecular complexity index is 2570. The van der Waals surface area contributed by atoms with Gasteiger partial charge in [0.1, 0.15) is 11.5 Å². The van der Waals surface area contributed by atoms with Crippen LogP contribution in [-0.4, -0.2) is 95.1 Å². The van der Waals surface area contributed by atoms with E-state index in [-0.39, 0.29) is 5.78 Å². The summed E-state index contributed by atoms with van der Waals surface area (Å²) >= 11 is 0. The monoisotopic (exact) mass is 854 g/mol. The first-order chi connectivity index (χ1) is 30.2. The molecule has 332 valence electrons. The van der Waals surface area contributed by atoms with Crippen LogP contribution in [0.5, 0.6) is 11.5 Å². The quantitative estimate of drug-likeness (QED) is 0.0942. The molecule has 0 unspecified atom stereocenters. The number of amides is 2. The van der Waals surface area contributed by atoms with Crippen molar-refractivity contribution in [1.82, 2.24) is 18.9 Å². The Morgan fingerprint density at radius 1 is 0.619 bits per heavy atom. The summed E-state index contributed by atoms with van der Waals surface area (Å²) in [7, 11) is 3.36. The second kappa shape index (κ2) is 19.6. The molecule has 0 aliphatic carbocycles. The predicted octanol–water partition coefficient (Wildman–Crippen LogP) is 7.69. The van der Waals surface area contributed by atoms with Crippen molar-refractivity contribution in [3.05, 3.63) is 131 Å². The van der Waals surface area contributed by atoms with Crippen molar-refractivity contribution in [2.75, 3.05) is 53.5 Å². The zero-order chi connectivity index (χ0) is 44.8. The Balaban J connectivity index is 0.000000189. The van der Waals surface area contributed by atoms with Crippen LogP contribution >= 0.6 is 0 Å². The molecule has 4 aromatic carbocycles. The van der Waals surface area contributed by atoms with E-state index in [1.807, 2.05) is 54.6 Å². The Morgan fingerprint density at radius 3 is 1.46 bits per heavy atom. The normalized spacial score (nSPS) is 15.6. The Hall–Kier alpha value is -5.95. The van der Waals surface area contributed by atoms with Gasteiger partial charge in [-0.05, 0) is 153 Å². The lowest BCUT2D eigenvalue weighted by molar-refractivity contribution is 0.0783. The van der Waals surface area contributed by atoms with E-state index in [0.29, 0.717) is 23.2 Å². The smallest absolute Gasteiger partial charge is 0.248 e. The number of nitrogens with two attached hydrogens (primary N) is 2. The minimum absolute atomic E-state index is 0.0724. The van der Waals surface area contributed by atoms with E-state index in [1.54, 1.807) is 47.1 Å². The molecule has 2 aliphatic heterocycles. The van der Waals surface area contributed by atoms with Crippen LogP contribution in [-0.2, 0) is 18.4 Å². The van der Waals surface area contributed by atoms with Crippen molar-refractivity contribution >= 4 is 39.4 Å². The molecule has 2 fully saturated rings. The molecule has 2 aliphatic rings. The van der Waals surface area contributed by atoms with Gasteiger partial charge in [-0.2, -0.15) is 0 Å². The highest BCUT2D eigenvalue weighted by Gasteiger charge is 2.24. The summed E-state index contributed by atoms with van der Waals surface area (Å²) in [5, 5.41) is 12.6. The first-order valence-electron chi connectivity index (χ1n) is 22.1. The number of benzene rings is 4. The molecule has 4 heterocycles. The van der Waals surface area contributed by atoms with Crippen LogP contribution < -0.4 is 20.9 Å². The molecular weight excluding hydrogens is 793 g/mol. The van der Waals surface area contributed by atoms with E-state index in [1.165, 1.54) is 0 Å². The van der Waals surface area contributed by atoms with E-state index in [9.17, 15) is 19.5 Å². The number of carbonyl (C=O) groups is 3. The van der Waals surface area contributed by atoms with E-state index in [4.69, 9.17) is 20.9 Å². The van der Waals surface area contributed by atoms with Crippen molar-refractivity contribution in [2.45, 2.75) is 77.0 Å². The first kappa shape index (κ1) is 45.1. The van der Waals surface area contributed by atoms with Gasteiger partial charge in [0.15, 0.2) is 5.78 Å². The van der Waals surface area contributed by atoms with Gasteiger partial charge >= 0.3 is 0 Å². The van der Waals surface area contributed by atoms with Gasteiger partial charge in [-0.3, -0.25) is 14.4 Å². The van der Waals surface area contributed by atoms with Crippen molar-refractivity contribution < 1.29 is 29.0 Å². The van der Waals surface area contributed by atoms with Gasteiger partial charge in [0.2, 0.25) is 11.8 Å². The summed E-state index contributed by atoms with van der Waals surface area (Å²) in [6, 6.07) is 27.9. The summed E-state index contributed by atoms with van der Waals surface area (Å²) in [6.45, 7) is 11.2. The van der Waals surface area contributed by atoms with Gasteiger partial charge in [-0.1, -0.05) is 18.2 Å². The fourth-order valence-electron chi connectivity index (χ4n) is 9.19. The largest absolute Gasteiger partial charge is 0.496 e. The molecule has 0 bridgehead atoms. The fourth-order valence-corrected chi connectivity index (χ4v) is 9.19. The van der Waals surface area contributed by atoms with E-state index >= 15 is 0 Å². The van der Waals surface area contributed by atoms with Crippen LogP contribution in [0.1, 0.15) is 106 Å². The molecule has 2 saturated heterocycles. The van der Waals surface area contributed by atoms with Crippen molar-refractivity contribution in [1.29, 1.82) is 0 Å². The number of fused-ring (bicyclic) bond motifs is 2. The second-order valence-electron chi connectivity index (χ2n) is 17.5. The van der Waals surface area contributed by atoms with Crippen LogP contribution in [0.15, 0.2) is 97.3 Å². The lowest BCUT2D eigenvalue weighted by Crippen LogP contribution is -2.36. The van der Waals surface area contributed by atoms with Gasteiger partial charge in [0, 0.05) is 91.5 Å². The SMILES string of the molecule is COc1ccc(C(C)(C)O)cc1CCN1CCC(n2ccc3ccc(C(N)=O)cc32)CC1.COc1ccc(C(C)=O)cc1CCN1CCC(n2ccc3ccc(C(N)=O)cc32)CC1. The zero-order valence-electron chi connectivity index (χ0n) is 37.3. The number of carbonyl (C=O) groups excluding carboxylic acids is 3. The average molecular weight is 855 g/mol. The molecule has 0 spiro atoms. The number of piperidine rings is 2. The summed E-state index contributed by atoms with van der Waals surface area (Å²) in [4.78, 5) is 39.8. The lowest BCUT2D eigenvalue weighted by Gasteiger charge is -2.33. The number of methoxy groups -OCH3 is 2. The first-order valence-corrected chi connectivity index (χ1v) is 22.1. The third-order valence-corrected chi connectivity index (χ3v) is 13.0. The topological polar surface area (TPSA) is 158 Å². The highest BCUT2D eigenvalue weighted by atomic mass is 16.5. The fraction of sp³-hybridized carbons (Fsp3) is 0.392. The second-order valence-corrected chi connectivity index (χ2v) is 17.5. The van der Waals surface area contributed by atoms with Gasteiger partial charge in [-0.25, -0.2) is 0 Å². The maximum atomic E-state index is 11.7. The highest BCUT2D eigenvalue weighted by Crippen LogP contribution is 2.32. The zero-order valence-corrected chi connectivity index (χ0v) is 37.3. The maximum Gasteiger partial charge on any atom is 0.248 e. The van der Waals surface area contributed by atoms with Crippen LogP contribution in [0.3, 0.4) is 0 Å². The number of aromatic nitrogens is 2. The Kier molecular flexibility index (Phi) is 14.0. The number of ether oxygens (including phenoxy) is 2. The molecule has 2 amide bonds. The van der Waals surface area contributed by atoms with Gasteiger partial charge in [0.05, 0.1) is 19.8 Å². The molecular formula is C51H62N6O6. The molecule has 2 aromatic heterocycles. The number of hydrogen-bond donors (Lipinski definition) is 3. The number of ketones is 1.